The molecule has 1 amide bonds. The van der Waals surface area contributed by atoms with E-state index in [0.717, 1.165) is 23.5 Å². The first kappa shape index (κ1) is 15.4. The van der Waals surface area contributed by atoms with Gasteiger partial charge in [-0.15, -0.1) is 0 Å². The number of hydrogen-bond donors (Lipinski definition) is 2. The monoisotopic (exact) mass is 301 g/mol. The zero-order chi connectivity index (χ0) is 14.9. The Morgan fingerprint density at radius 2 is 2.05 bits per heavy atom. The standard InChI is InChI=1S/C16H19N3OS/c1-21-10-9-17-14-7-8-18-15(11-14)16(20)19-12-13-5-3-2-4-6-13/h2-8,11H,9-10,12H2,1H3,(H,17,18)(H,19,20). The maximum atomic E-state index is 12.1. The molecular formula is C16H19N3OS. The lowest BCUT2D eigenvalue weighted by molar-refractivity contribution is 0.0946. The first-order valence-corrected chi connectivity index (χ1v) is 8.20. The molecule has 0 spiro atoms. The van der Waals surface area contributed by atoms with Crippen LogP contribution in [-0.4, -0.2) is 29.4 Å². The zero-order valence-electron chi connectivity index (χ0n) is 12.0. The van der Waals surface area contributed by atoms with Crippen LogP contribution < -0.4 is 10.6 Å². The van der Waals surface area contributed by atoms with Crippen molar-refractivity contribution in [1.82, 2.24) is 10.3 Å². The Kier molecular flexibility index (Phi) is 6.09. The molecule has 4 nitrogen and oxygen atoms in total. The van der Waals surface area contributed by atoms with Gasteiger partial charge in [-0.1, -0.05) is 30.3 Å². The number of amides is 1. The van der Waals surface area contributed by atoms with Crippen molar-refractivity contribution in [3.8, 4) is 0 Å². The lowest BCUT2D eigenvalue weighted by Crippen LogP contribution is -2.23. The third kappa shape index (κ3) is 5.11. The highest BCUT2D eigenvalue weighted by Gasteiger charge is 2.07. The molecule has 0 radical (unpaired) electrons. The number of pyridine rings is 1. The van der Waals surface area contributed by atoms with Crippen LogP contribution in [0.5, 0.6) is 0 Å². The first-order valence-electron chi connectivity index (χ1n) is 6.80. The molecule has 2 N–H and O–H groups in total. The highest BCUT2D eigenvalue weighted by atomic mass is 32.2. The van der Waals surface area contributed by atoms with Crippen molar-refractivity contribution in [2.45, 2.75) is 6.54 Å². The summed E-state index contributed by atoms with van der Waals surface area (Å²) in [4.78, 5) is 16.2. The maximum absolute atomic E-state index is 12.1. The topological polar surface area (TPSA) is 54.0 Å². The summed E-state index contributed by atoms with van der Waals surface area (Å²) in [5, 5.41) is 6.15. The summed E-state index contributed by atoms with van der Waals surface area (Å²) in [6, 6.07) is 13.5. The van der Waals surface area contributed by atoms with Crippen molar-refractivity contribution < 1.29 is 4.79 Å². The Morgan fingerprint density at radius 1 is 1.24 bits per heavy atom. The van der Waals surface area contributed by atoms with Crippen LogP contribution >= 0.6 is 11.8 Å². The van der Waals surface area contributed by atoms with Crippen molar-refractivity contribution in [2.75, 3.05) is 23.9 Å². The molecule has 0 atom stereocenters. The van der Waals surface area contributed by atoms with Crippen LogP contribution in [-0.2, 0) is 6.54 Å². The number of nitrogens with zero attached hydrogens (tertiary/aromatic N) is 1. The maximum Gasteiger partial charge on any atom is 0.270 e. The Bertz CT molecular complexity index is 575. The van der Waals surface area contributed by atoms with Gasteiger partial charge in [-0.2, -0.15) is 11.8 Å². The highest BCUT2D eigenvalue weighted by Crippen LogP contribution is 2.08. The molecule has 5 heteroatoms. The molecule has 0 aliphatic carbocycles. The van der Waals surface area contributed by atoms with E-state index in [1.807, 2.05) is 36.4 Å². The van der Waals surface area contributed by atoms with Crippen LogP contribution in [0.25, 0.3) is 0 Å². The van der Waals surface area contributed by atoms with E-state index in [4.69, 9.17) is 0 Å². The van der Waals surface area contributed by atoms with Crippen molar-refractivity contribution in [2.24, 2.45) is 0 Å². The molecule has 1 heterocycles. The molecule has 21 heavy (non-hydrogen) atoms. The number of rotatable bonds is 7. The van der Waals surface area contributed by atoms with Gasteiger partial charge in [-0.25, -0.2) is 0 Å². The Balaban J connectivity index is 1.91. The lowest BCUT2D eigenvalue weighted by Gasteiger charge is -2.08. The van der Waals surface area contributed by atoms with Gasteiger partial charge in [0.15, 0.2) is 0 Å². The molecule has 0 aliphatic rings. The van der Waals surface area contributed by atoms with Crippen LogP contribution in [0.2, 0.25) is 0 Å². The van der Waals surface area contributed by atoms with E-state index in [2.05, 4.69) is 21.9 Å². The molecule has 0 saturated carbocycles. The summed E-state index contributed by atoms with van der Waals surface area (Å²) < 4.78 is 0. The summed E-state index contributed by atoms with van der Waals surface area (Å²) in [5.41, 5.74) is 2.42. The second-order valence-corrected chi connectivity index (χ2v) is 5.50. The molecular weight excluding hydrogens is 282 g/mol. The van der Waals surface area contributed by atoms with Gasteiger partial charge in [0.2, 0.25) is 0 Å². The van der Waals surface area contributed by atoms with E-state index in [0.29, 0.717) is 12.2 Å². The van der Waals surface area contributed by atoms with Crippen LogP contribution in [0.15, 0.2) is 48.7 Å². The van der Waals surface area contributed by atoms with E-state index < -0.39 is 0 Å². The van der Waals surface area contributed by atoms with Crippen molar-refractivity contribution in [3.63, 3.8) is 0 Å². The summed E-state index contributed by atoms with van der Waals surface area (Å²) in [6.07, 6.45) is 3.72. The van der Waals surface area contributed by atoms with E-state index in [1.165, 1.54) is 0 Å². The minimum atomic E-state index is -0.160. The molecule has 0 bridgehead atoms. The number of hydrogen-bond acceptors (Lipinski definition) is 4. The Morgan fingerprint density at radius 3 is 2.81 bits per heavy atom. The van der Waals surface area contributed by atoms with Gasteiger partial charge >= 0.3 is 0 Å². The normalized spacial score (nSPS) is 10.1. The van der Waals surface area contributed by atoms with E-state index in [9.17, 15) is 4.79 Å². The molecule has 1 aromatic heterocycles. The fraction of sp³-hybridized carbons (Fsp3) is 0.250. The lowest BCUT2D eigenvalue weighted by atomic mass is 10.2. The molecule has 0 saturated heterocycles. The van der Waals surface area contributed by atoms with Gasteiger partial charge in [0, 0.05) is 30.7 Å². The van der Waals surface area contributed by atoms with E-state index in [1.54, 1.807) is 24.0 Å². The van der Waals surface area contributed by atoms with Gasteiger partial charge in [-0.3, -0.25) is 9.78 Å². The second kappa shape index (κ2) is 8.32. The fourth-order valence-electron chi connectivity index (χ4n) is 1.83. The Hall–Kier alpha value is -2.01. The minimum Gasteiger partial charge on any atom is -0.384 e. The average molecular weight is 301 g/mol. The zero-order valence-corrected chi connectivity index (χ0v) is 12.8. The smallest absolute Gasteiger partial charge is 0.270 e. The second-order valence-electron chi connectivity index (χ2n) is 4.52. The molecule has 2 rings (SSSR count). The fourth-order valence-corrected chi connectivity index (χ4v) is 2.14. The molecule has 110 valence electrons. The number of anilines is 1. The van der Waals surface area contributed by atoms with Crippen LogP contribution in [0.4, 0.5) is 5.69 Å². The van der Waals surface area contributed by atoms with Gasteiger partial charge in [0.05, 0.1) is 0 Å². The largest absolute Gasteiger partial charge is 0.384 e. The first-order chi connectivity index (χ1) is 10.3. The number of thioether (sulfide) groups is 1. The minimum absolute atomic E-state index is 0.160. The number of carbonyl (C=O) groups excluding carboxylic acids is 1. The SMILES string of the molecule is CSCCNc1ccnc(C(=O)NCc2ccccc2)c1. The summed E-state index contributed by atoms with van der Waals surface area (Å²) in [6.45, 7) is 1.38. The number of benzene rings is 1. The molecule has 2 aromatic rings. The summed E-state index contributed by atoms with van der Waals surface area (Å²) in [5.74, 6) is 0.866. The number of aromatic nitrogens is 1. The van der Waals surface area contributed by atoms with E-state index >= 15 is 0 Å². The average Bonchev–Trinajstić information content (AvgIpc) is 2.54. The van der Waals surface area contributed by atoms with Gasteiger partial charge in [-0.05, 0) is 24.0 Å². The molecule has 0 fully saturated rings. The van der Waals surface area contributed by atoms with Gasteiger partial charge < -0.3 is 10.6 Å². The third-order valence-electron chi connectivity index (χ3n) is 2.92. The van der Waals surface area contributed by atoms with Crippen LogP contribution in [0, 0.1) is 0 Å². The number of carbonyl (C=O) groups is 1. The van der Waals surface area contributed by atoms with Gasteiger partial charge in [0.1, 0.15) is 5.69 Å². The number of nitrogens with one attached hydrogen (secondary N) is 2. The Labute approximate surface area is 129 Å². The van der Waals surface area contributed by atoms with Gasteiger partial charge in [0.25, 0.3) is 5.91 Å². The predicted molar refractivity (Wildman–Crippen MR) is 88.7 cm³/mol. The quantitative estimate of drug-likeness (QED) is 0.772. The van der Waals surface area contributed by atoms with Crippen molar-refractivity contribution in [3.05, 3.63) is 59.9 Å². The third-order valence-corrected chi connectivity index (χ3v) is 3.54. The molecule has 0 unspecified atom stereocenters. The van der Waals surface area contributed by atoms with E-state index in [-0.39, 0.29) is 5.91 Å². The molecule has 1 aromatic carbocycles. The van der Waals surface area contributed by atoms with Crippen molar-refractivity contribution >= 4 is 23.4 Å². The van der Waals surface area contributed by atoms with Crippen LogP contribution in [0.1, 0.15) is 16.1 Å². The molecule has 0 aliphatic heterocycles. The van der Waals surface area contributed by atoms with Crippen LogP contribution in [0.3, 0.4) is 0 Å². The predicted octanol–water partition coefficient (Wildman–Crippen LogP) is 2.79. The summed E-state index contributed by atoms with van der Waals surface area (Å²) >= 11 is 1.78. The highest BCUT2D eigenvalue weighted by molar-refractivity contribution is 7.98. The summed E-state index contributed by atoms with van der Waals surface area (Å²) in [7, 11) is 0. The van der Waals surface area contributed by atoms with Crippen molar-refractivity contribution in [1.29, 1.82) is 0 Å².